The molecule has 4 nitrogen and oxygen atoms in total. The lowest BCUT2D eigenvalue weighted by molar-refractivity contribution is -0.179. The molecule has 1 fully saturated rings. The average Bonchev–Trinajstić information content (AvgIpc) is 3.04. The van der Waals surface area contributed by atoms with Crippen LogP contribution in [0.15, 0.2) is 30.5 Å². The first kappa shape index (κ1) is 18.4. The van der Waals surface area contributed by atoms with Gasteiger partial charge in [-0.05, 0) is 37.1 Å². The van der Waals surface area contributed by atoms with Crippen molar-refractivity contribution in [2.45, 2.75) is 19.0 Å². The van der Waals surface area contributed by atoms with E-state index in [1.54, 1.807) is 24.4 Å². The molecule has 142 valence electrons. The standard InChI is InChI=1S/C18H15Cl2F3N4/c19-12-8-14-15(9-13(12)20)26-16(25-14)11-2-1-5-24-17(11)27-6-3-10(4-7-27)18(21,22)23/h1-2,5,8-10H,3-4,6-7H2,(H,25,26). The highest BCUT2D eigenvalue weighted by molar-refractivity contribution is 6.42. The van der Waals surface area contributed by atoms with Gasteiger partial charge in [-0.2, -0.15) is 13.2 Å². The van der Waals surface area contributed by atoms with Crippen molar-refractivity contribution in [3.05, 3.63) is 40.5 Å². The lowest BCUT2D eigenvalue weighted by Gasteiger charge is -2.34. The van der Waals surface area contributed by atoms with Crippen LogP contribution in [0.25, 0.3) is 22.4 Å². The first-order chi connectivity index (χ1) is 12.8. The van der Waals surface area contributed by atoms with Gasteiger partial charge in [0.15, 0.2) is 0 Å². The van der Waals surface area contributed by atoms with E-state index >= 15 is 0 Å². The topological polar surface area (TPSA) is 44.8 Å². The van der Waals surface area contributed by atoms with E-state index < -0.39 is 12.1 Å². The number of H-pyrrole nitrogens is 1. The summed E-state index contributed by atoms with van der Waals surface area (Å²) in [7, 11) is 0. The Morgan fingerprint density at radius 1 is 1.11 bits per heavy atom. The maximum atomic E-state index is 12.9. The number of aromatic amines is 1. The minimum absolute atomic E-state index is 0.0604. The summed E-state index contributed by atoms with van der Waals surface area (Å²) < 4.78 is 38.8. The van der Waals surface area contributed by atoms with Crippen molar-refractivity contribution in [1.82, 2.24) is 15.0 Å². The third-order valence-corrected chi connectivity index (χ3v) is 5.55. The van der Waals surface area contributed by atoms with Gasteiger partial charge in [0.25, 0.3) is 0 Å². The summed E-state index contributed by atoms with van der Waals surface area (Å²) >= 11 is 12.1. The van der Waals surface area contributed by atoms with E-state index in [1.807, 2.05) is 11.0 Å². The average molecular weight is 415 g/mol. The summed E-state index contributed by atoms with van der Waals surface area (Å²) in [4.78, 5) is 14.0. The fourth-order valence-corrected chi connectivity index (χ4v) is 3.71. The fraction of sp³-hybridized carbons (Fsp3) is 0.333. The molecule has 0 bridgehead atoms. The molecule has 3 heterocycles. The predicted octanol–water partition coefficient (Wildman–Crippen LogP) is 5.71. The molecule has 0 saturated carbocycles. The van der Waals surface area contributed by atoms with Crippen LogP contribution in [0.5, 0.6) is 0 Å². The molecule has 1 aliphatic rings. The van der Waals surface area contributed by atoms with Crippen LogP contribution in [-0.4, -0.2) is 34.2 Å². The zero-order valence-corrected chi connectivity index (χ0v) is 15.5. The van der Waals surface area contributed by atoms with Gasteiger partial charge in [-0.15, -0.1) is 0 Å². The number of fused-ring (bicyclic) bond motifs is 1. The second-order valence-electron chi connectivity index (χ2n) is 6.55. The van der Waals surface area contributed by atoms with Gasteiger partial charge in [0.05, 0.1) is 32.6 Å². The first-order valence-electron chi connectivity index (χ1n) is 8.45. The summed E-state index contributed by atoms with van der Waals surface area (Å²) in [5.74, 6) is -0.0600. The molecule has 1 aromatic carbocycles. The highest BCUT2D eigenvalue weighted by Gasteiger charge is 2.41. The SMILES string of the molecule is FC(F)(F)C1CCN(c2ncccc2-c2nc3cc(Cl)c(Cl)cc3[nH]2)CC1. The van der Waals surface area contributed by atoms with E-state index in [0.29, 0.717) is 40.3 Å². The molecular weight excluding hydrogens is 400 g/mol. The van der Waals surface area contributed by atoms with Crippen molar-refractivity contribution >= 4 is 40.1 Å². The first-order valence-corrected chi connectivity index (χ1v) is 9.20. The van der Waals surface area contributed by atoms with Gasteiger partial charge in [0.2, 0.25) is 0 Å². The largest absolute Gasteiger partial charge is 0.391 e. The smallest absolute Gasteiger partial charge is 0.356 e. The third-order valence-electron chi connectivity index (χ3n) is 4.82. The highest BCUT2D eigenvalue weighted by Crippen LogP contribution is 2.37. The molecule has 3 aromatic rings. The Morgan fingerprint density at radius 3 is 2.52 bits per heavy atom. The van der Waals surface area contributed by atoms with Gasteiger partial charge < -0.3 is 9.88 Å². The fourth-order valence-electron chi connectivity index (χ4n) is 3.38. The van der Waals surface area contributed by atoms with Crippen LogP contribution >= 0.6 is 23.2 Å². The summed E-state index contributed by atoms with van der Waals surface area (Å²) in [6.45, 7) is 0.595. The van der Waals surface area contributed by atoms with E-state index in [0.717, 1.165) is 11.1 Å². The molecule has 0 unspecified atom stereocenters. The minimum atomic E-state index is -4.14. The Bertz CT molecular complexity index is 939. The summed E-state index contributed by atoms with van der Waals surface area (Å²) in [6.07, 6.45) is -2.39. The molecule has 4 rings (SSSR count). The van der Waals surface area contributed by atoms with E-state index in [4.69, 9.17) is 23.2 Å². The molecule has 0 spiro atoms. The molecule has 1 N–H and O–H groups in total. The van der Waals surface area contributed by atoms with Crippen molar-refractivity contribution in [3.8, 4) is 11.4 Å². The quantitative estimate of drug-likeness (QED) is 0.583. The van der Waals surface area contributed by atoms with E-state index in [9.17, 15) is 13.2 Å². The number of benzene rings is 1. The van der Waals surface area contributed by atoms with Crippen molar-refractivity contribution < 1.29 is 13.2 Å². The second-order valence-corrected chi connectivity index (χ2v) is 7.36. The van der Waals surface area contributed by atoms with Crippen molar-refractivity contribution in [3.63, 3.8) is 0 Å². The maximum Gasteiger partial charge on any atom is 0.391 e. The number of piperidine rings is 1. The number of aromatic nitrogens is 3. The van der Waals surface area contributed by atoms with Crippen LogP contribution in [0.1, 0.15) is 12.8 Å². The Hall–Kier alpha value is -1.99. The van der Waals surface area contributed by atoms with Crippen molar-refractivity contribution in [2.24, 2.45) is 5.92 Å². The maximum absolute atomic E-state index is 12.9. The molecular formula is C18H15Cl2F3N4. The van der Waals surface area contributed by atoms with Gasteiger partial charge in [0, 0.05) is 19.3 Å². The molecule has 0 amide bonds. The zero-order chi connectivity index (χ0) is 19.2. The van der Waals surface area contributed by atoms with Crippen LogP contribution in [-0.2, 0) is 0 Å². The Balaban J connectivity index is 1.66. The van der Waals surface area contributed by atoms with Gasteiger partial charge in [-0.3, -0.25) is 0 Å². The number of halogens is 5. The molecule has 1 aliphatic heterocycles. The van der Waals surface area contributed by atoms with Crippen LogP contribution in [0.4, 0.5) is 19.0 Å². The Labute approximate surface area is 163 Å². The highest BCUT2D eigenvalue weighted by atomic mass is 35.5. The van der Waals surface area contributed by atoms with Crippen molar-refractivity contribution in [2.75, 3.05) is 18.0 Å². The predicted molar refractivity (Wildman–Crippen MR) is 100 cm³/mol. The van der Waals surface area contributed by atoms with Gasteiger partial charge in [-0.1, -0.05) is 23.2 Å². The van der Waals surface area contributed by atoms with E-state index in [1.165, 1.54) is 0 Å². The monoisotopic (exact) mass is 414 g/mol. The number of rotatable bonds is 2. The lowest BCUT2D eigenvalue weighted by Crippen LogP contribution is -2.39. The molecule has 0 radical (unpaired) electrons. The van der Waals surface area contributed by atoms with Crippen molar-refractivity contribution in [1.29, 1.82) is 0 Å². The number of anilines is 1. The number of nitrogens with zero attached hydrogens (tertiary/aromatic N) is 3. The lowest BCUT2D eigenvalue weighted by atomic mass is 9.96. The molecule has 2 aromatic heterocycles. The molecule has 9 heteroatoms. The van der Waals surface area contributed by atoms with Crippen LogP contribution in [0.3, 0.4) is 0 Å². The number of hydrogen-bond donors (Lipinski definition) is 1. The number of hydrogen-bond acceptors (Lipinski definition) is 3. The van der Waals surface area contributed by atoms with E-state index in [2.05, 4.69) is 15.0 Å². The second kappa shape index (κ2) is 6.87. The molecule has 1 saturated heterocycles. The van der Waals surface area contributed by atoms with Crippen LogP contribution < -0.4 is 4.90 Å². The van der Waals surface area contributed by atoms with Gasteiger partial charge in [-0.25, -0.2) is 9.97 Å². The minimum Gasteiger partial charge on any atom is -0.356 e. The number of pyridine rings is 1. The number of alkyl halides is 3. The third kappa shape index (κ3) is 3.58. The normalized spacial score (nSPS) is 16.3. The Morgan fingerprint density at radius 2 is 1.81 bits per heavy atom. The zero-order valence-electron chi connectivity index (χ0n) is 14.0. The summed E-state index contributed by atoms with van der Waals surface area (Å²) in [5.41, 5.74) is 2.11. The summed E-state index contributed by atoms with van der Waals surface area (Å²) in [6, 6.07) is 6.98. The molecule has 0 aliphatic carbocycles. The van der Waals surface area contributed by atoms with Crippen LogP contribution in [0, 0.1) is 5.92 Å². The molecule has 27 heavy (non-hydrogen) atoms. The number of imidazole rings is 1. The van der Waals surface area contributed by atoms with E-state index in [-0.39, 0.29) is 12.8 Å². The molecule has 0 atom stereocenters. The summed E-state index contributed by atoms with van der Waals surface area (Å²) in [5, 5.41) is 0.822. The Kier molecular flexibility index (Phi) is 4.68. The number of nitrogens with one attached hydrogen (secondary N) is 1. The van der Waals surface area contributed by atoms with Gasteiger partial charge in [0.1, 0.15) is 11.6 Å². The van der Waals surface area contributed by atoms with Crippen LogP contribution in [0.2, 0.25) is 10.0 Å². The van der Waals surface area contributed by atoms with Gasteiger partial charge >= 0.3 is 6.18 Å².